The van der Waals surface area contributed by atoms with Crippen LogP contribution >= 0.6 is 11.8 Å². The van der Waals surface area contributed by atoms with Crippen LogP contribution in [0.1, 0.15) is 19.8 Å². The molecule has 2 aliphatic heterocycles. The standard InChI is InChI=1S/C9H11NOS/c1-6-2-3-8(12-6)9-4-7(9)10-5-11-9/h2,5,7-8H,3-4H2,1H3. The van der Waals surface area contributed by atoms with Gasteiger partial charge in [-0.25, -0.2) is 0 Å². The first kappa shape index (κ1) is 7.01. The molecule has 1 fully saturated rings. The van der Waals surface area contributed by atoms with E-state index in [1.165, 1.54) is 4.91 Å². The Morgan fingerprint density at radius 3 is 3.17 bits per heavy atom. The average molecular weight is 181 g/mol. The smallest absolute Gasteiger partial charge is 0.170 e. The molecule has 0 aromatic rings. The molecular weight excluding hydrogens is 170 g/mol. The van der Waals surface area contributed by atoms with Gasteiger partial charge in [0.15, 0.2) is 6.40 Å². The van der Waals surface area contributed by atoms with E-state index in [1.54, 1.807) is 6.40 Å². The Morgan fingerprint density at radius 1 is 1.75 bits per heavy atom. The van der Waals surface area contributed by atoms with Crippen molar-refractivity contribution in [1.82, 2.24) is 0 Å². The van der Waals surface area contributed by atoms with Gasteiger partial charge in [-0.3, -0.25) is 4.99 Å². The van der Waals surface area contributed by atoms with E-state index in [4.69, 9.17) is 4.74 Å². The SMILES string of the molecule is CC1=CCC(C23CC2N=CO3)S1. The van der Waals surface area contributed by atoms with Gasteiger partial charge >= 0.3 is 0 Å². The van der Waals surface area contributed by atoms with Gasteiger partial charge in [-0.2, -0.15) is 0 Å². The third kappa shape index (κ3) is 0.750. The number of thioether (sulfide) groups is 1. The molecule has 0 N–H and O–H groups in total. The Hall–Kier alpha value is -0.440. The highest BCUT2D eigenvalue weighted by atomic mass is 32.2. The Labute approximate surface area is 76.1 Å². The summed E-state index contributed by atoms with van der Waals surface area (Å²) in [6, 6.07) is 0.481. The van der Waals surface area contributed by atoms with Gasteiger partial charge in [0.25, 0.3) is 0 Å². The van der Waals surface area contributed by atoms with Crippen LogP contribution in [0.2, 0.25) is 0 Å². The molecule has 0 aromatic heterocycles. The molecule has 1 aliphatic carbocycles. The third-order valence-corrected chi connectivity index (χ3v) is 4.34. The van der Waals surface area contributed by atoms with Gasteiger partial charge in [0, 0.05) is 6.42 Å². The number of nitrogens with zero attached hydrogens (tertiary/aromatic N) is 1. The molecular formula is C9H11NOS. The summed E-state index contributed by atoms with van der Waals surface area (Å²) in [7, 11) is 0. The van der Waals surface area contributed by atoms with Gasteiger partial charge in [-0.05, 0) is 18.2 Å². The molecule has 0 spiro atoms. The lowest BCUT2D eigenvalue weighted by Crippen LogP contribution is -2.27. The second-order valence-electron chi connectivity index (χ2n) is 3.70. The van der Waals surface area contributed by atoms with E-state index in [0.29, 0.717) is 11.3 Å². The molecule has 0 amide bonds. The van der Waals surface area contributed by atoms with Gasteiger partial charge in [0.05, 0.1) is 11.3 Å². The molecule has 3 rings (SSSR count). The maximum Gasteiger partial charge on any atom is 0.170 e. The fourth-order valence-corrected chi connectivity index (χ4v) is 3.41. The lowest BCUT2D eigenvalue weighted by molar-refractivity contribution is 0.184. The molecule has 3 atom stereocenters. The molecule has 0 bridgehead atoms. The number of ether oxygens (including phenoxy) is 1. The minimum absolute atomic E-state index is 0.110. The Kier molecular flexibility index (Phi) is 1.21. The molecule has 2 nitrogen and oxygen atoms in total. The molecule has 12 heavy (non-hydrogen) atoms. The van der Waals surface area contributed by atoms with Crippen LogP contribution in [0.5, 0.6) is 0 Å². The molecule has 0 saturated heterocycles. The van der Waals surface area contributed by atoms with E-state index in [-0.39, 0.29) is 5.60 Å². The average Bonchev–Trinajstić information content (AvgIpc) is 2.50. The first-order valence-corrected chi connectivity index (χ1v) is 5.22. The summed E-state index contributed by atoms with van der Waals surface area (Å²) >= 11 is 1.96. The predicted octanol–water partition coefficient (Wildman–Crippen LogP) is 1.97. The van der Waals surface area contributed by atoms with Crippen molar-refractivity contribution in [3.8, 4) is 0 Å². The second-order valence-corrected chi connectivity index (χ2v) is 5.15. The molecule has 64 valence electrons. The van der Waals surface area contributed by atoms with Gasteiger partial charge in [-0.1, -0.05) is 6.08 Å². The highest BCUT2D eigenvalue weighted by Gasteiger charge is 2.64. The minimum Gasteiger partial charge on any atom is -0.474 e. The van der Waals surface area contributed by atoms with Crippen molar-refractivity contribution in [2.75, 3.05) is 0 Å². The van der Waals surface area contributed by atoms with Crippen LogP contribution < -0.4 is 0 Å². The Bertz CT molecular complexity index is 286. The zero-order chi connectivity index (χ0) is 8.18. The Morgan fingerprint density at radius 2 is 2.67 bits per heavy atom. The number of fused-ring (bicyclic) bond motifs is 1. The lowest BCUT2D eigenvalue weighted by Gasteiger charge is -2.18. The summed E-state index contributed by atoms with van der Waals surface area (Å²) < 4.78 is 5.60. The fourth-order valence-electron chi connectivity index (χ4n) is 2.07. The van der Waals surface area contributed by atoms with Crippen LogP contribution in [-0.2, 0) is 4.74 Å². The number of hydrogen-bond donors (Lipinski definition) is 0. The Balaban J connectivity index is 1.77. The van der Waals surface area contributed by atoms with Crippen LogP contribution in [0.4, 0.5) is 0 Å². The number of aliphatic imine (C=N–C) groups is 1. The zero-order valence-electron chi connectivity index (χ0n) is 6.99. The van der Waals surface area contributed by atoms with Crippen LogP contribution in [0, 0.1) is 0 Å². The van der Waals surface area contributed by atoms with Crippen LogP contribution in [0.25, 0.3) is 0 Å². The van der Waals surface area contributed by atoms with Crippen molar-refractivity contribution in [2.24, 2.45) is 4.99 Å². The highest BCUT2D eigenvalue weighted by Crippen LogP contribution is 2.56. The predicted molar refractivity (Wildman–Crippen MR) is 50.5 cm³/mol. The maximum atomic E-state index is 5.60. The van der Waals surface area contributed by atoms with E-state index >= 15 is 0 Å². The van der Waals surface area contributed by atoms with Crippen LogP contribution in [0.15, 0.2) is 16.0 Å². The fraction of sp³-hybridized carbons (Fsp3) is 0.667. The zero-order valence-corrected chi connectivity index (χ0v) is 7.80. The summed E-state index contributed by atoms with van der Waals surface area (Å²) in [5, 5.41) is 0.630. The molecule has 1 saturated carbocycles. The van der Waals surface area contributed by atoms with E-state index in [1.807, 2.05) is 11.8 Å². The number of allylic oxidation sites excluding steroid dienone is 2. The van der Waals surface area contributed by atoms with Gasteiger partial charge in [-0.15, -0.1) is 11.8 Å². The molecule has 3 aliphatic rings. The molecule has 0 aromatic carbocycles. The van der Waals surface area contributed by atoms with Crippen molar-refractivity contribution in [1.29, 1.82) is 0 Å². The number of rotatable bonds is 1. The summed E-state index contributed by atoms with van der Waals surface area (Å²) in [6.45, 7) is 2.18. The molecule has 3 unspecified atom stereocenters. The summed E-state index contributed by atoms with van der Waals surface area (Å²) in [5.41, 5.74) is 0.110. The summed E-state index contributed by atoms with van der Waals surface area (Å²) in [5.74, 6) is 0. The van der Waals surface area contributed by atoms with Crippen molar-refractivity contribution in [3.63, 3.8) is 0 Å². The first-order chi connectivity index (χ1) is 5.81. The summed E-state index contributed by atoms with van der Waals surface area (Å²) in [4.78, 5) is 5.71. The van der Waals surface area contributed by atoms with E-state index in [0.717, 1.165) is 12.8 Å². The molecule has 0 radical (unpaired) electrons. The number of hydrogen-bond acceptors (Lipinski definition) is 3. The van der Waals surface area contributed by atoms with Gasteiger partial charge in [0.2, 0.25) is 0 Å². The van der Waals surface area contributed by atoms with Crippen LogP contribution in [0.3, 0.4) is 0 Å². The van der Waals surface area contributed by atoms with Crippen molar-refractivity contribution >= 4 is 18.2 Å². The molecule has 3 heteroatoms. The largest absolute Gasteiger partial charge is 0.474 e. The first-order valence-electron chi connectivity index (χ1n) is 4.34. The second kappa shape index (κ2) is 2.08. The van der Waals surface area contributed by atoms with E-state index in [2.05, 4.69) is 18.0 Å². The minimum atomic E-state index is 0.110. The monoisotopic (exact) mass is 181 g/mol. The normalized spacial score (nSPS) is 48.6. The summed E-state index contributed by atoms with van der Waals surface area (Å²) in [6.07, 6.45) is 6.25. The van der Waals surface area contributed by atoms with E-state index < -0.39 is 0 Å². The molecule has 2 heterocycles. The quantitative estimate of drug-likeness (QED) is 0.617. The topological polar surface area (TPSA) is 21.6 Å². The maximum absolute atomic E-state index is 5.60. The van der Waals surface area contributed by atoms with Gasteiger partial charge in [0.1, 0.15) is 5.60 Å². The van der Waals surface area contributed by atoms with Crippen molar-refractivity contribution in [3.05, 3.63) is 11.0 Å². The third-order valence-electron chi connectivity index (χ3n) is 2.92. The van der Waals surface area contributed by atoms with Crippen molar-refractivity contribution < 1.29 is 4.74 Å². The highest BCUT2D eigenvalue weighted by molar-refractivity contribution is 8.04. The van der Waals surface area contributed by atoms with Crippen molar-refractivity contribution in [2.45, 2.75) is 36.7 Å². The lowest BCUT2D eigenvalue weighted by atomic mass is 10.1. The van der Waals surface area contributed by atoms with Crippen LogP contribution in [-0.4, -0.2) is 23.3 Å². The van der Waals surface area contributed by atoms with E-state index in [9.17, 15) is 0 Å². The van der Waals surface area contributed by atoms with Gasteiger partial charge < -0.3 is 4.74 Å².